The molecule has 1 aromatic heterocycles. The molecular formula is C19H14BrF3S. The van der Waals surface area contributed by atoms with Gasteiger partial charge in [0.05, 0.1) is 5.56 Å². The molecule has 0 saturated carbocycles. The minimum absolute atomic E-state index is 0.618. The van der Waals surface area contributed by atoms with E-state index in [0.29, 0.717) is 0 Å². The van der Waals surface area contributed by atoms with Gasteiger partial charge in [-0.25, -0.2) is 0 Å². The summed E-state index contributed by atoms with van der Waals surface area (Å²) in [5.74, 6) is 0. The van der Waals surface area contributed by atoms with Crippen molar-refractivity contribution in [2.24, 2.45) is 0 Å². The van der Waals surface area contributed by atoms with Gasteiger partial charge in [0.25, 0.3) is 0 Å². The number of hydrogen-bond acceptors (Lipinski definition) is 1. The summed E-state index contributed by atoms with van der Waals surface area (Å²) < 4.78 is 39.0. The number of hydrogen-bond donors (Lipinski definition) is 0. The molecule has 0 aliphatic carbocycles. The van der Waals surface area contributed by atoms with Crippen LogP contribution in [0.2, 0.25) is 0 Å². The smallest absolute Gasteiger partial charge is 0.166 e. The van der Waals surface area contributed by atoms with Crippen molar-refractivity contribution in [3.63, 3.8) is 0 Å². The van der Waals surface area contributed by atoms with Gasteiger partial charge in [0.15, 0.2) is 0 Å². The van der Waals surface area contributed by atoms with Gasteiger partial charge in [0, 0.05) is 20.6 Å². The lowest BCUT2D eigenvalue weighted by molar-refractivity contribution is -0.137. The summed E-state index contributed by atoms with van der Waals surface area (Å²) in [6, 6.07) is 15.5. The molecule has 0 amide bonds. The van der Waals surface area contributed by atoms with E-state index in [-0.39, 0.29) is 0 Å². The van der Waals surface area contributed by atoms with Crippen LogP contribution < -0.4 is 0 Å². The maximum absolute atomic E-state index is 12.6. The van der Waals surface area contributed by atoms with E-state index in [4.69, 9.17) is 0 Å². The molecule has 0 unspecified atom stereocenters. The second-order valence-corrected chi connectivity index (χ2v) is 7.56. The molecule has 0 aliphatic rings. The summed E-state index contributed by atoms with van der Waals surface area (Å²) in [6.07, 6.45) is -3.48. The van der Waals surface area contributed by atoms with Crippen LogP contribution in [0, 0.1) is 6.92 Å². The maximum atomic E-state index is 12.6. The highest BCUT2D eigenvalue weighted by Crippen LogP contribution is 2.34. The van der Waals surface area contributed by atoms with Crippen LogP contribution in [-0.4, -0.2) is 0 Å². The van der Waals surface area contributed by atoms with Crippen molar-refractivity contribution >= 4 is 27.3 Å². The zero-order valence-electron chi connectivity index (χ0n) is 12.8. The van der Waals surface area contributed by atoms with E-state index in [9.17, 15) is 13.2 Å². The van der Waals surface area contributed by atoms with Gasteiger partial charge in [-0.15, -0.1) is 11.3 Å². The van der Waals surface area contributed by atoms with Gasteiger partial charge >= 0.3 is 6.18 Å². The fraction of sp³-hybridized carbons (Fsp3) is 0.158. The Balaban J connectivity index is 1.82. The Bertz CT molecular complexity index is 848. The highest BCUT2D eigenvalue weighted by molar-refractivity contribution is 9.10. The minimum Gasteiger partial charge on any atom is -0.166 e. The average molecular weight is 411 g/mol. The molecule has 0 saturated heterocycles. The predicted octanol–water partition coefficient (Wildman–Crippen LogP) is 7.10. The number of halogens is 4. The third kappa shape index (κ3) is 3.73. The van der Waals surface area contributed by atoms with Crippen molar-refractivity contribution < 1.29 is 13.2 Å². The van der Waals surface area contributed by atoms with Crippen LogP contribution in [0.25, 0.3) is 10.4 Å². The van der Waals surface area contributed by atoms with Crippen LogP contribution in [0.4, 0.5) is 13.2 Å². The summed E-state index contributed by atoms with van der Waals surface area (Å²) in [5.41, 5.74) is 2.64. The van der Waals surface area contributed by atoms with Crippen LogP contribution >= 0.6 is 27.3 Å². The number of alkyl halides is 3. The van der Waals surface area contributed by atoms with E-state index in [1.54, 1.807) is 11.3 Å². The Hall–Kier alpha value is -1.59. The van der Waals surface area contributed by atoms with Gasteiger partial charge in [-0.1, -0.05) is 40.2 Å². The summed E-state index contributed by atoms with van der Waals surface area (Å²) in [7, 11) is 0. The first-order valence-corrected chi connectivity index (χ1v) is 8.96. The van der Waals surface area contributed by atoms with Crippen molar-refractivity contribution in [2.45, 2.75) is 19.5 Å². The lowest BCUT2D eigenvalue weighted by Gasteiger charge is -2.07. The molecule has 1 heterocycles. The lowest BCUT2D eigenvalue weighted by atomic mass is 10.1. The topological polar surface area (TPSA) is 0 Å². The van der Waals surface area contributed by atoms with E-state index in [1.807, 2.05) is 24.3 Å². The number of thiophene rings is 1. The molecule has 0 spiro atoms. The van der Waals surface area contributed by atoms with Gasteiger partial charge in [-0.2, -0.15) is 13.2 Å². The van der Waals surface area contributed by atoms with Crippen molar-refractivity contribution in [1.82, 2.24) is 0 Å². The molecule has 0 aliphatic heterocycles. The van der Waals surface area contributed by atoms with Crippen LogP contribution in [0.15, 0.2) is 59.1 Å². The van der Waals surface area contributed by atoms with E-state index in [1.165, 1.54) is 28.1 Å². The maximum Gasteiger partial charge on any atom is 0.416 e. The molecule has 0 atom stereocenters. The Morgan fingerprint density at radius 1 is 0.958 bits per heavy atom. The normalized spacial score (nSPS) is 11.7. The first kappa shape index (κ1) is 17.2. The molecule has 3 rings (SSSR count). The van der Waals surface area contributed by atoms with Gasteiger partial charge in [0.2, 0.25) is 0 Å². The van der Waals surface area contributed by atoms with Crippen molar-refractivity contribution in [2.75, 3.05) is 0 Å². The van der Waals surface area contributed by atoms with Crippen LogP contribution in [0.5, 0.6) is 0 Å². The zero-order valence-corrected chi connectivity index (χ0v) is 15.2. The second-order valence-electron chi connectivity index (χ2n) is 5.54. The molecule has 0 bridgehead atoms. The van der Waals surface area contributed by atoms with Crippen LogP contribution in [-0.2, 0) is 12.6 Å². The summed E-state index contributed by atoms with van der Waals surface area (Å²) in [6.45, 7) is 2.07. The monoisotopic (exact) mass is 410 g/mol. The summed E-state index contributed by atoms with van der Waals surface area (Å²) in [4.78, 5) is 2.16. The molecule has 124 valence electrons. The molecule has 5 heteroatoms. The fourth-order valence-electron chi connectivity index (χ4n) is 2.48. The first-order valence-electron chi connectivity index (χ1n) is 7.35. The van der Waals surface area contributed by atoms with Crippen molar-refractivity contribution in [3.05, 3.63) is 80.6 Å². The van der Waals surface area contributed by atoms with Crippen molar-refractivity contribution in [1.29, 1.82) is 0 Å². The minimum atomic E-state index is -4.29. The molecule has 0 radical (unpaired) electrons. The summed E-state index contributed by atoms with van der Waals surface area (Å²) >= 11 is 5.15. The van der Waals surface area contributed by atoms with Crippen LogP contribution in [0.3, 0.4) is 0 Å². The fourth-order valence-corrected chi connectivity index (χ4v) is 3.93. The van der Waals surface area contributed by atoms with E-state index in [2.05, 4.69) is 28.9 Å². The van der Waals surface area contributed by atoms with E-state index in [0.717, 1.165) is 33.5 Å². The Kier molecular flexibility index (Phi) is 4.83. The van der Waals surface area contributed by atoms with E-state index < -0.39 is 11.7 Å². The Morgan fingerprint density at radius 2 is 1.67 bits per heavy atom. The number of rotatable bonds is 3. The van der Waals surface area contributed by atoms with Crippen molar-refractivity contribution in [3.8, 4) is 10.4 Å². The Labute approximate surface area is 151 Å². The van der Waals surface area contributed by atoms with Gasteiger partial charge in [0.1, 0.15) is 0 Å². The second kappa shape index (κ2) is 6.73. The van der Waals surface area contributed by atoms with Gasteiger partial charge in [-0.3, -0.25) is 0 Å². The first-order chi connectivity index (χ1) is 11.3. The third-order valence-electron chi connectivity index (χ3n) is 3.90. The van der Waals surface area contributed by atoms with E-state index >= 15 is 0 Å². The molecule has 0 fully saturated rings. The molecular weight excluding hydrogens is 397 g/mol. The number of benzene rings is 2. The molecule has 0 nitrogen and oxygen atoms in total. The lowest BCUT2D eigenvalue weighted by Crippen LogP contribution is -2.03. The van der Waals surface area contributed by atoms with Gasteiger partial charge in [-0.05, 0) is 53.9 Å². The molecule has 2 aromatic carbocycles. The highest BCUT2D eigenvalue weighted by Gasteiger charge is 2.30. The summed E-state index contributed by atoms with van der Waals surface area (Å²) in [5, 5.41) is 0. The quantitative estimate of drug-likeness (QED) is 0.431. The largest absolute Gasteiger partial charge is 0.416 e. The molecule has 3 aromatic rings. The average Bonchev–Trinajstić information content (AvgIpc) is 3.00. The highest BCUT2D eigenvalue weighted by atomic mass is 79.9. The standard InChI is InChI=1S/C19H14BrF3S/c1-12-14(3-2-4-17(12)20)11-16-9-10-18(24-16)13-5-7-15(8-6-13)19(21,22)23/h2-10H,11H2,1H3. The van der Waals surface area contributed by atoms with Gasteiger partial charge < -0.3 is 0 Å². The third-order valence-corrected chi connectivity index (χ3v) is 5.90. The molecule has 0 N–H and O–H groups in total. The SMILES string of the molecule is Cc1c(Br)cccc1Cc1ccc(-c2ccc(C(F)(F)F)cc2)s1. The van der Waals surface area contributed by atoms with Crippen LogP contribution in [0.1, 0.15) is 21.6 Å². The predicted molar refractivity (Wildman–Crippen MR) is 96.4 cm³/mol. The molecule has 24 heavy (non-hydrogen) atoms. The zero-order chi connectivity index (χ0) is 17.3. The Morgan fingerprint density at radius 3 is 2.33 bits per heavy atom.